The summed E-state index contributed by atoms with van der Waals surface area (Å²) in [5.41, 5.74) is 8.32. The van der Waals surface area contributed by atoms with E-state index in [0.717, 1.165) is 24.2 Å². The van der Waals surface area contributed by atoms with E-state index in [1.54, 1.807) is 6.26 Å². The molecule has 0 aliphatic carbocycles. The van der Waals surface area contributed by atoms with Crippen LogP contribution < -0.4 is 11.1 Å². The fraction of sp³-hybridized carbons (Fsp3) is 0.400. The predicted molar refractivity (Wildman–Crippen MR) is 59.0 cm³/mol. The van der Waals surface area contributed by atoms with Crippen LogP contribution in [0.2, 0.25) is 0 Å². The largest absolute Gasteiger partial charge is 0.457 e. The summed E-state index contributed by atoms with van der Waals surface area (Å²) in [6.07, 6.45) is 4.82. The average molecular weight is 257 g/mol. The van der Waals surface area contributed by atoms with Crippen LogP contribution in [-0.4, -0.2) is 19.1 Å². The molecule has 1 aromatic heterocycles. The van der Waals surface area contributed by atoms with Gasteiger partial charge in [-0.1, -0.05) is 11.6 Å². The van der Waals surface area contributed by atoms with E-state index in [1.807, 2.05) is 6.07 Å². The molecule has 0 saturated heterocycles. The van der Waals surface area contributed by atoms with Gasteiger partial charge in [-0.05, 0) is 34.0 Å². The van der Waals surface area contributed by atoms with Crippen molar-refractivity contribution in [3.63, 3.8) is 0 Å². The van der Waals surface area contributed by atoms with Crippen LogP contribution in [0.25, 0.3) is 0 Å². The fourth-order valence-electron chi connectivity index (χ4n) is 1.64. The van der Waals surface area contributed by atoms with Crippen molar-refractivity contribution in [1.29, 1.82) is 0 Å². The van der Waals surface area contributed by atoms with E-state index in [1.165, 1.54) is 11.1 Å². The zero-order chi connectivity index (χ0) is 9.97. The van der Waals surface area contributed by atoms with Gasteiger partial charge < -0.3 is 15.5 Å². The molecule has 0 saturated carbocycles. The number of hydrogen-bond donors (Lipinski definition) is 2. The zero-order valence-electron chi connectivity index (χ0n) is 7.79. The highest BCUT2D eigenvalue weighted by atomic mass is 79.9. The van der Waals surface area contributed by atoms with E-state index in [4.69, 9.17) is 10.2 Å². The molecule has 0 spiro atoms. The van der Waals surface area contributed by atoms with Crippen molar-refractivity contribution in [3.8, 4) is 0 Å². The minimum absolute atomic E-state index is 0.147. The monoisotopic (exact) mass is 256 g/mol. The van der Waals surface area contributed by atoms with Gasteiger partial charge in [-0.2, -0.15) is 0 Å². The summed E-state index contributed by atoms with van der Waals surface area (Å²) in [4.78, 5) is 0. The number of nitrogens with one attached hydrogen (secondary N) is 1. The van der Waals surface area contributed by atoms with Gasteiger partial charge in [-0.3, -0.25) is 0 Å². The van der Waals surface area contributed by atoms with Gasteiger partial charge in [0.05, 0.1) is 6.26 Å². The van der Waals surface area contributed by atoms with Crippen molar-refractivity contribution in [1.82, 2.24) is 5.32 Å². The molecule has 3 nitrogen and oxygen atoms in total. The van der Waals surface area contributed by atoms with Crippen LogP contribution in [0.4, 0.5) is 0 Å². The molecule has 2 heterocycles. The Morgan fingerprint density at radius 3 is 3.14 bits per heavy atom. The summed E-state index contributed by atoms with van der Waals surface area (Å²) in [6, 6.07) is 2.13. The fourth-order valence-corrected chi connectivity index (χ4v) is 2.03. The molecule has 0 radical (unpaired) electrons. The van der Waals surface area contributed by atoms with Crippen molar-refractivity contribution in [2.45, 2.75) is 12.5 Å². The number of halogens is 1. The van der Waals surface area contributed by atoms with Gasteiger partial charge in [0.2, 0.25) is 0 Å². The second-order valence-electron chi connectivity index (χ2n) is 3.56. The molecule has 0 amide bonds. The van der Waals surface area contributed by atoms with Crippen LogP contribution in [0.15, 0.2) is 33.1 Å². The standard InChI is InChI=1S/C10H13BrN2O/c11-10-3-8(6-14-10)1-7-2-9(12)5-13-4-7/h2-3,6,9,13H,1,4-5,12H2. The lowest BCUT2D eigenvalue weighted by Crippen LogP contribution is -2.38. The molecule has 1 aliphatic heterocycles. The summed E-state index contributed by atoms with van der Waals surface area (Å²) in [5.74, 6) is 0. The molecule has 0 aromatic carbocycles. The number of nitrogens with two attached hydrogens (primary N) is 1. The third-order valence-electron chi connectivity index (χ3n) is 2.23. The van der Waals surface area contributed by atoms with Crippen LogP contribution in [0, 0.1) is 0 Å². The number of hydrogen-bond acceptors (Lipinski definition) is 3. The maximum Gasteiger partial charge on any atom is 0.169 e. The Morgan fingerprint density at radius 2 is 2.50 bits per heavy atom. The van der Waals surface area contributed by atoms with Crippen molar-refractivity contribution in [3.05, 3.63) is 34.2 Å². The quantitative estimate of drug-likeness (QED) is 0.788. The molecule has 1 aliphatic rings. The highest BCUT2D eigenvalue weighted by Crippen LogP contribution is 2.17. The van der Waals surface area contributed by atoms with Gasteiger partial charge in [0.25, 0.3) is 0 Å². The summed E-state index contributed by atoms with van der Waals surface area (Å²) in [7, 11) is 0. The maximum atomic E-state index is 5.81. The van der Waals surface area contributed by atoms with Crippen molar-refractivity contribution >= 4 is 15.9 Å². The lowest BCUT2D eigenvalue weighted by molar-refractivity contribution is 0.538. The van der Waals surface area contributed by atoms with Crippen LogP contribution in [-0.2, 0) is 6.42 Å². The van der Waals surface area contributed by atoms with E-state index in [2.05, 4.69) is 27.3 Å². The first kappa shape index (κ1) is 9.96. The van der Waals surface area contributed by atoms with E-state index >= 15 is 0 Å². The Morgan fingerprint density at radius 1 is 1.64 bits per heavy atom. The molecule has 1 atom stereocenters. The van der Waals surface area contributed by atoms with Gasteiger partial charge in [-0.15, -0.1) is 0 Å². The number of furan rings is 1. The molecule has 2 rings (SSSR count). The van der Waals surface area contributed by atoms with Gasteiger partial charge in [0.1, 0.15) is 0 Å². The lowest BCUT2D eigenvalue weighted by Gasteiger charge is -2.18. The third kappa shape index (κ3) is 2.47. The molecular weight excluding hydrogens is 244 g/mol. The molecule has 4 heteroatoms. The first-order chi connectivity index (χ1) is 6.74. The van der Waals surface area contributed by atoms with E-state index in [0.29, 0.717) is 0 Å². The first-order valence-electron chi connectivity index (χ1n) is 4.63. The van der Waals surface area contributed by atoms with Crippen molar-refractivity contribution < 1.29 is 4.42 Å². The second-order valence-corrected chi connectivity index (χ2v) is 4.34. The minimum Gasteiger partial charge on any atom is -0.457 e. The Bertz CT molecular complexity index is 346. The molecule has 1 aromatic rings. The van der Waals surface area contributed by atoms with Gasteiger partial charge >= 0.3 is 0 Å². The first-order valence-corrected chi connectivity index (χ1v) is 5.42. The molecule has 0 bridgehead atoms. The third-order valence-corrected chi connectivity index (χ3v) is 2.65. The van der Waals surface area contributed by atoms with Gasteiger partial charge in [-0.25, -0.2) is 0 Å². The highest BCUT2D eigenvalue weighted by molar-refractivity contribution is 9.10. The van der Waals surface area contributed by atoms with Crippen LogP contribution >= 0.6 is 15.9 Å². The summed E-state index contributed by atoms with van der Waals surface area (Å²) < 4.78 is 5.95. The topological polar surface area (TPSA) is 51.2 Å². The highest BCUT2D eigenvalue weighted by Gasteiger charge is 2.10. The summed E-state index contributed by atoms with van der Waals surface area (Å²) >= 11 is 3.28. The van der Waals surface area contributed by atoms with Crippen molar-refractivity contribution in [2.75, 3.05) is 13.1 Å². The Kier molecular flexibility index (Phi) is 3.05. The van der Waals surface area contributed by atoms with Crippen LogP contribution in [0.3, 0.4) is 0 Å². The minimum atomic E-state index is 0.147. The van der Waals surface area contributed by atoms with Crippen molar-refractivity contribution in [2.24, 2.45) is 5.73 Å². The van der Waals surface area contributed by atoms with Crippen LogP contribution in [0.1, 0.15) is 5.56 Å². The average Bonchev–Trinajstić information content (AvgIpc) is 2.51. The lowest BCUT2D eigenvalue weighted by atomic mass is 10.0. The Balaban J connectivity index is 2.03. The molecule has 1 unspecified atom stereocenters. The second kappa shape index (κ2) is 4.29. The Hall–Kier alpha value is -0.580. The molecule has 14 heavy (non-hydrogen) atoms. The van der Waals surface area contributed by atoms with Gasteiger partial charge in [0, 0.05) is 19.1 Å². The molecule has 3 N–H and O–H groups in total. The normalized spacial score (nSPS) is 22.1. The van der Waals surface area contributed by atoms with E-state index in [9.17, 15) is 0 Å². The van der Waals surface area contributed by atoms with E-state index < -0.39 is 0 Å². The summed E-state index contributed by atoms with van der Waals surface area (Å²) in [5, 5.41) is 3.28. The predicted octanol–water partition coefficient (Wildman–Crippen LogP) is 1.44. The van der Waals surface area contributed by atoms with Gasteiger partial charge in [0.15, 0.2) is 4.67 Å². The summed E-state index contributed by atoms with van der Waals surface area (Å²) in [6.45, 7) is 1.80. The number of rotatable bonds is 2. The molecule has 0 fully saturated rings. The van der Waals surface area contributed by atoms with Crippen LogP contribution in [0.5, 0.6) is 0 Å². The maximum absolute atomic E-state index is 5.81. The zero-order valence-corrected chi connectivity index (χ0v) is 9.38. The smallest absolute Gasteiger partial charge is 0.169 e. The van der Waals surface area contributed by atoms with E-state index in [-0.39, 0.29) is 6.04 Å². The Labute approximate surface area is 91.5 Å². The molecule has 76 valence electrons. The SMILES string of the molecule is NC1C=C(Cc2coc(Br)c2)CNC1. The molecular formula is C10H13BrN2O.